The molecule has 2 saturated heterocycles. The van der Waals surface area contributed by atoms with Crippen molar-refractivity contribution in [2.45, 2.75) is 51.1 Å². The first kappa shape index (κ1) is 13.8. The molecule has 0 spiro atoms. The lowest BCUT2D eigenvalue weighted by molar-refractivity contribution is -0.304. The van der Waals surface area contributed by atoms with Gasteiger partial charge in [-0.25, -0.2) is 0 Å². The topological polar surface area (TPSA) is 57.3 Å². The van der Waals surface area contributed by atoms with E-state index in [4.69, 9.17) is 18.9 Å². The number of carbonyl (C=O) groups is 1. The Morgan fingerprint density at radius 1 is 1.39 bits per heavy atom. The first-order chi connectivity index (χ1) is 8.65. The van der Waals surface area contributed by atoms with E-state index >= 15 is 0 Å². The minimum Gasteiger partial charge on any atom is -0.469 e. The van der Waals surface area contributed by atoms with Gasteiger partial charge in [0.2, 0.25) is 0 Å². The Bertz CT molecular complexity index is 296. The van der Waals surface area contributed by atoms with E-state index in [-0.39, 0.29) is 24.1 Å². The molecule has 5 heteroatoms. The van der Waals surface area contributed by atoms with Gasteiger partial charge in [-0.1, -0.05) is 13.8 Å². The summed E-state index contributed by atoms with van der Waals surface area (Å²) in [6.45, 7) is 5.30. The quantitative estimate of drug-likeness (QED) is 0.552. The zero-order valence-electron chi connectivity index (χ0n) is 11.3. The standard InChI is InChI=1S/C13H22O5/c1-4-13(5-2)17-7-6-9(18-13)11(10-8-16-10)12(14)15-3/h9-11H,4-8H2,1-3H3/t9-,10-,11-/m0/s1. The van der Waals surface area contributed by atoms with E-state index in [9.17, 15) is 4.79 Å². The summed E-state index contributed by atoms with van der Waals surface area (Å²) in [5.74, 6) is -1.12. The Morgan fingerprint density at radius 2 is 2.06 bits per heavy atom. The highest BCUT2D eigenvalue weighted by Crippen LogP contribution is 2.36. The van der Waals surface area contributed by atoms with Crippen LogP contribution in [0.2, 0.25) is 0 Å². The molecule has 2 rings (SSSR count). The van der Waals surface area contributed by atoms with Gasteiger partial charge >= 0.3 is 5.97 Å². The molecule has 5 nitrogen and oxygen atoms in total. The fourth-order valence-corrected chi connectivity index (χ4v) is 2.55. The van der Waals surface area contributed by atoms with E-state index in [0.717, 1.165) is 12.8 Å². The van der Waals surface area contributed by atoms with E-state index in [1.165, 1.54) is 7.11 Å². The summed E-state index contributed by atoms with van der Waals surface area (Å²) < 4.78 is 21.9. The highest BCUT2D eigenvalue weighted by Gasteiger charge is 2.48. The Labute approximate surface area is 108 Å². The maximum atomic E-state index is 11.9. The van der Waals surface area contributed by atoms with Crippen LogP contribution < -0.4 is 0 Å². The third-order valence-corrected chi connectivity index (χ3v) is 3.84. The predicted octanol–water partition coefficient (Wildman–Crippen LogP) is 1.50. The van der Waals surface area contributed by atoms with Crippen LogP contribution in [0.15, 0.2) is 0 Å². The van der Waals surface area contributed by atoms with Crippen LogP contribution in [-0.4, -0.2) is 44.3 Å². The molecular formula is C13H22O5. The van der Waals surface area contributed by atoms with Crippen LogP contribution in [0.3, 0.4) is 0 Å². The van der Waals surface area contributed by atoms with Gasteiger partial charge in [0.15, 0.2) is 5.79 Å². The lowest BCUT2D eigenvalue weighted by Gasteiger charge is -2.41. The smallest absolute Gasteiger partial charge is 0.314 e. The summed E-state index contributed by atoms with van der Waals surface area (Å²) in [6.07, 6.45) is 2.05. The summed E-state index contributed by atoms with van der Waals surface area (Å²) in [5, 5.41) is 0. The zero-order valence-corrected chi connectivity index (χ0v) is 11.3. The van der Waals surface area contributed by atoms with Gasteiger partial charge in [-0.05, 0) is 19.3 Å². The minimum absolute atomic E-state index is 0.0491. The number of esters is 1. The van der Waals surface area contributed by atoms with Crippen molar-refractivity contribution in [3.05, 3.63) is 0 Å². The molecule has 0 N–H and O–H groups in total. The van der Waals surface area contributed by atoms with Crippen LogP contribution in [0, 0.1) is 5.92 Å². The molecule has 0 aromatic heterocycles. The van der Waals surface area contributed by atoms with Crippen molar-refractivity contribution in [3.8, 4) is 0 Å². The van der Waals surface area contributed by atoms with Gasteiger partial charge in [-0.3, -0.25) is 4.79 Å². The lowest BCUT2D eigenvalue weighted by Crippen LogP contribution is -2.49. The van der Waals surface area contributed by atoms with Gasteiger partial charge in [0.05, 0.1) is 32.5 Å². The molecule has 3 atom stereocenters. The largest absolute Gasteiger partial charge is 0.469 e. The van der Waals surface area contributed by atoms with Crippen LogP contribution in [0.25, 0.3) is 0 Å². The molecule has 0 aromatic rings. The van der Waals surface area contributed by atoms with Crippen LogP contribution in [0.4, 0.5) is 0 Å². The summed E-state index contributed by atoms with van der Waals surface area (Å²) in [6, 6.07) is 0. The molecule has 2 fully saturated rings. The van der Waals surface area contributed by atoms with Crippen molar-refractivity contribution in [3.63, 3.8) is 0 Å². The third kappa shape index (κ3) is 2.68. The number of carbonyl (C=O) groups excluding carboxylic acids is 1. The molecular weight excluding hydrogens is 236 g/mol. The molecule has 2 aliphatic heterocycles. The lowest BCUT2D eigenvalue weighted by atomic mass is 9.94. The third-order valence-electron chi connectivity index (χ3n) is 3.84. The first-order valence-electron chi connectivity index (χ1n) is 6.67. The van der Waals surface area contributed by atoms with Crippen molar-refractivity contribution in [1.82, 2.24) is 0 Å². The maximum Gasteiger partial charge on any atom is 0.314 e. The van der Waals surface area contributed by atoms with Crippen molar-refractivity contribution < 1.29 is 23.7 Å². The van der Waals surface area contributed by atoms with E-state index in [1.807, 2.05) is 13.8 Å². The Kier molecular flexibility index (Phi) is 4.25. The van der Waals surface area contributed by atoms with Crippen molar-refractivity contribution >= 4 is 5.97 Å². The molecule has 0 aromatic carbocycles. The van der Waals surface area contributed by atoms with Crippen LogP contribution in [0.1, 0.15) is 33.1 Å². The number of epoxide rings is 1. The van der Waals surface area contributed by atoms with Gasteiger partial charge in [0.25, 0.3) is 0 Å². The number of hydrogen-bond donors (Lipinski definition) is 0. The summed E-state index contributed by atoms with van der Waals surface area (Å²) in [7, 11) is 1.41. The number of ether oxygens (including phenoxy) is 4. The SMILES string of the molecule is CCC1(CC)OCC[C@@H]([C@H](C(=O)OC)[C@@H]2CO2)O1. The van der Waals surface area contributed by atoms with Gasteiger partial charge in [-0.2, -0.15) is 0 Å². The van der Waals surface area contributed by atoms with E-state index in [0.29, 0.717) is 19.6 Å². The van der Waals surface area contributed by atoms with Gasteiger partial charge < -0.3 is 18.9 Å². The first-order valence-corrected chi connectivity index (χ1v) is 6.67. The zero-order chi connectivity index (χ0) is 13.2. The van der Waals surface area contributed by atoms with Gasteiger partial charge in [0, 0.05) is 0 Å². The maximum absolute atomic E-state index is 11.9. The summed E-state index contributed by atoms with van der Waals surface area (Å²) in [5.41, 5.74) is 0. The van der Waals surface area contributed by atoms with Crippen LogP contribution in [-0.2, 0) is 23.7 Å². The fourth-order valence-electron chi connectivity index (χ4n) is 2.55. The van der Waals surface area contributed by atoms with E-state index in [2.05, 4.69) is 0 Å². The molecule has 18 heavy (non-hydrogen) atoms. The monoisotopic (exact) mass is 258 g/mol. The molecule has 104 valence electrons. The van der Waals surface area contributed by atoms with Crippen molar-refractivity contribution in [2.75, 3.05) is 20.3 Å². The fraction of sp³-hybridized carbons (Fsp3) is 0.923. The van der Waals surface area contributed by atoms with E-state index < -0.39 is 5.79 Å². The second kappa shape index (κ2) is 5.55. The highest BCUT2D eigenvalue weighted by atomic mass is 16.7. The number of methoxy groups -OCH3 is 1. The van der Waals surface area contributed by atoms with Gasteiger partial charge in [-0.15, -0.1) is 0 Å². The average Bonchev–Trinajstić information content (AvgIpc) is 3.23. The second-order valence-corrected chi connectivity index (χ2v) is 4.83. The molecule has 0 unspecified atom stereocenters. The van der Waals surface area contributed by atoms with Gasteiger partial charge in [0.1, 0.15) is 5.92 Å². The normalized spacial score (nSPS) is 31.7. The molecule has 2 aliphatic rings. The van der Waals surface area contributed by atoms with Crippen molar-refractivity contribution in [2.24, 2.45) is 5.92 Å². The summed E-state index contributed by atoms with van der Waals surface area (Å²) >= 11 is 0. The Morgan fingerprint density at radius 3 is 2.56 bits per heavy atom. The Hall–Kier alpha value is -0.650. The molecule has 2 heterocycles. The number of hydrogen-bond acceptors (Lipinski definition) is 5. The molecule has 0 radical (unpaired) electrons. The van der Waals surface area contributed by atoms with E-state index in [1.54, 1.807) is 0 Å². The highest BCUT2D eigenvalue weighted by molar-refractivity contribution is 5.74. The minimum atomic E-state index is -0.552. The Balaban J connectivity index is 2.08. The predicted molar refractivity (Wildman–Crippen MR) is 64.0 cm³/mol. The molecule has 0 amide bonds. The van der Waals surface area contributed by atoms with Crippen LogP contribution >= 0.6 is 0 Å². The molecule has 0 saturated carbocycles. The number of rotatable bonds is 5. The van der Waals surface area contributed by atoms with Crippen molar-refractivity contribution in [1.29, 1.82) is 0 Å². The molecule has 0 aliphatic carbocycles. The summed E-state index contributed by atoms with van der Waals surface area (Å²) in [4.78, 5) is 11.9. The van der Waals surface area contributed by atoms with Crippen LogP contribution in [0.5, 0.6) is 0 Å². The second-order valence-electron chi connectivity index (χ2n) is 4.83. The molecule has 0 bridgehead atoms. The average molecular weight is 258 g/mol.